The van der Waals surface area contributed by atoms with Crippen LogP contribution in [0.5, 0.6) is 5.75 Å². The smallest absolute Gasteiger partial charge is 0.387 e. The Morgan fingerprint density at radius 3 is 2.48 bits per heavy atom. The zero-order valence-corrected chi connectivity index (χ0v) is 14.6. The zero-order chi connectivity index (χ0) is 18.3. The molecule has 0 atom stereocenters. The molecule has 0 aliphatic carbocycles. The number of carbonyl (C=O) groups excluding carboxylic acids is 1. The summed E-state index contributed by atoms with van der Waals surface area (Å²) in [5, 5.41) is 5.62. The van der Waals surface area contributed by atoms with E-state index in [1.807, 2.05) is 0 Å². The maximum Gasteiger partial charge on any atom is 0.387 e. The highest BCUT2D eigenvalue weighted by atomic mass is 19.3. The van der Waals surface area contributed by atoms with E-state index in [1.165, 1.54) is 12.1 Å². The minimum Gasteiger partial charge on any atom is -0.435 e. The van der Waals surface area contributed by atoms with Gasteiger partial charge in [-0.2, -0.15) is 8.78 Å². The molecular formula is C17H25F2N3O3. The van der Waals surface area contributed by atoms with Crippen LogP contribution >= 0.6 is 0 Å². The van der Waals surface area contributed by atoms with Crippen molar-refractivity contribution in [1.29, 1.82) is 0 Å². The minimum atomic E-state index is -2.84. The van der Waals surface area contributed by atoms with Crippen LogP contribution in [0.25, 0.3) is 0 Å². The van der Waals surface area contributed by atoms with Crippen molar-refractivity contribution < 1.29 is 23.0 Å². The highest BCUT2D eigenvalue weighted by Crippen LogP contribution is 2.16. The van der Waals surface area contributed by atoms with Crippen LogP contribution in [0.3, 0.4) is 0 Å². The van der Waals surface area contributed by atoms with Crippen LogP contribution in [0.2, 0.25) is 0 Å². The van der Waals surface area contributed by atoms with Crippen molar-refractivity contribution >= 4 is 6.03 Å². The first kappa shape index (κ1) is 19.4. The Balaban J connectivity index is 1.73. The first-order valence-electron chi connectivity index (χ1n) is 8.25. The van der Waals surface area contributed by atoms with E-state index >= 15 is 0 Å². The monoisotopic (exact) mass is 357 g/mol. The van der Waals surface area contributed by atoms with E-state index in [9.17, 15) is 13.6 Å². The van der Waals surface area contributed by atoms with Crippen LogP contribution in [-0.4, -0.2) is 55.9 Å². The fourth-order valence-electron chi connectivity index (χ4n) is 2.61. The number of nitrogens with zero attached hydrogens (tertiary/aromatic N) is 1. The lowest BCUT2D eigenvalue weighted by Crippen LogP contribution is -2.56. The number of rotatable bonds is 7. The number of benzene rings is 1. The van der Waals surface area contributed by atoms with E-state index in [0.717, 1.165) is 18.7 Å². The fourth-order valence-corrected chi connectivity index (χ4v) is 2.61. The van der Waals surface area contributed by atoms with Crippen LogP contribution in [0.1, 0.15) is 19.4 Å². The number of nitrogens with one attached hydrogen (secondary N) is 2. The maximum atomic E-state index is 12.1. The van der Waals surface area contributed by atoms with Crippen LogP contribution in [0, 0.1) is 0 Å². The van der Waals surface area contributed by atoms with Crippen LogP contribution in [0.15, 0.2) is 24.3 Å². The molecule has 0 saturated carbocycles. The zero-order valence-electron chi connectivity index (χ0n) is 14.6. The second kappa shape index (κ2) is 8.96. The van der Waals surface area contributed by atoms with Gasteiger partial charge in [0, 0.05) is 31.7 Å². The highest BCUT2D eigenvalue weighted by molar-refractivity contribution is 5.73. The SMILES string of the molecule is CC(C)(CNC(=O)NCc1ccc(OC(F)F)cc1)N1CCOCC1. The number of urea groups is 1. The molecule has 1 heterocycles. The number of alkyl halides is 2. The first-order valence-corrected chi connectivity index (χ1v) is 8.25. The molecule has 0 spiro atoms. The van der Waals surface area contributed by atoms with E-state index in [4.69, 9.17) is 4.74 Å². The predicted molar refractivity (Wildman–Crippen MR) is 89.8 cm³/mol. The number of carbonyl (C=O) groups is 1. The van der Waals surface area contributed by atoms with E-state index in [2.05, 4.69) is 34.1 Å². The van der Waals surface area contributed by atoms with Gasteiger partial charge in [-0.3, -0.25) is 4.90 Å². The standard InChI is InChI=1S/C17H25F2N3O3/c1-17(2,22-7-9-24-10-8-22)12-21-16(23)20-11-13-3-5-14(6-4-13)25-15(18)19/h3-6,15H,7-12H2,1-2H3,(H2,20,21,23). The molecule has 6 nitrogen and oxygen atoms in total. The summed E-state index contributed by atoms with van der Waals surface area (Å²) in [6.07, 6.45) is 0. The van der Waals surface area contributed by atoms with Gasteiger partial charge in [0.05, 0.1) is 13.2 Å². The van der Waals surface area contributed by atoms with Crippen molar-refractivity contribution in [3.8, 4) is 5.75 Å². The van der Waals surface area contributed by atoms with Gasteiger partial charge in [0.2, 0.25) is 0 Å². The highest BCUT2D eigenvalue weighted by Gasteiger charge is 2.28. The lowest BCUT2D eigenvalue weighted by Gasteiger charge is -2.40. The van der Waals surface area contributed by atoms with Crippen molar-refractivity contribution in [3.63, 3.8) is 0 Å². The Morgan fingerprint density at radius 1 is 1.24 bits per heavy atom. The van der Waals surface area contributed by atoms with Gasteiger partial charge in [-0.25, -0.2) is 4.79 Å². The molecule has 1 fully saturated rings. The Bertz CT molecular complexity index is 547. The molecular weight excluding hydrogens is 332 g/mol. The third-order valence-corrected chi connectivity index (χ3v) is 4.15. The summed E-state index contributed by atoms with van der Waals surface area (Å²) in [5.74, 6) is 0.0930. The average molecular weight is 357 g/mol. The average Bonchev–Trinajstić information content (AvgIpc) is 2.60. The third kappa shape index (κ3) is 6.47. The molecule has 8 heteroatoms. The summed E-state index contributed by atoms with van der Waals surface area (Å²) in [4.78, 5) is 14.3. The van der Waals surface area contributed by atoms with Gasteiger partial charge in [-0.15, -0.1) is 0 Å². The molecule has 140 valence electrons. The molecule has 1 aromatic carbocycles. The Morgan fingerprint density at radius 2 is 1.88 bits per heavy atom. The molecule has 0 radical (unpaired) electrons. The number of amides is 2. The molecule has 25 heavy (non-hydrogen) atoms. The van der Waals surface area contributed by atoms with Gasteiger partial charge in [0.25, 0.3) is 0 Å². The predicted octanol–water partition coefficient (Wildman–Crippen LogP) is 2.20. The minimum absolute atomic E-state index is 0.0930. The van der Waals surface area contributed by atoms with Crippen molar-refractivity contribution in [2.45, 2.75) is 32.5 Å². The normalized spacial score (nSPS) is 15.9. The van der Waals surface area contributed by atoms with E-state index in [-0.39, 0.29) is 17.3 Å². The van der Waals surface area contributed by atoms with Crippen molar-refractivity contribution in [1.82, 2.24) is 15.5 Å². The molecule has 2 N–H and O–H groups in total. The molecule has 0 unspecified atom stereocenters. The van der Waals surface area contributed by atoms with E-state index in [0.29, 0.717) is 26.3 Å². The molecule has 1 aromatic rings. The molecule has 0 bridgehead atoms. The topological polar surface area (TPSA) is 62.8 Å². The molecule has 0 aromatic heterocycles. The van der Waals surface area contributed by atoms with Crippen molar-refractivity contribution in [2.24, 2.45) is 0 Å². The Hall–Kier alpha value is -1.93. The molecule has 1 aliphatic heterocycles. The Kier molecular flexibility index (Phi) is 6.95. The molecule has 2 amide bonds. The number of hydrogen-bond acceptors (Lipinski definition) is 4. The van der Waals surface area contributed by atoms with Crippen LogP contribution < -0.4 is 15.4 Å². The van der Waals surface area contributed by atoms with E-state index < -0.39 is 6.61 Å². The summed E-state index contributed by atoms with van der Waals surface area (Å²) >= 11 is 0. The van der Waals surface area contributed by atoms with Gasteiger partial charge in [0.1, 0.15) is 5.75 Å². The summed E-state index contributed by atoms with van der Waals surface area (Å²) in [5.41, 5.74) is 0.638. The lowest BCUT2D eigenvalue weighted by atomic mass is 10.0. The summed E-state index contributed by atoms with van der Waals surface area (Å²) < 4.78 is 33.8. The van der Waals surface area contributed by atoms with E-state index in [1.54, 1.807) is 12.1 Å². The lowest BCUT2D eigenvalue weighted by molar-refractivity contribution is -0.0498. The summed E-state index contributed by atoms with van der Waals surface area (Å²) in [6.45, 7) is 5.26. The van der Waals surface area contributed by atoms with Gasteiger partial charge in [-0.05, 0) is 31.5 Å². The van der Waals surface area contributed by atoms with Crippen molar-refractivity contribution in [3.05, 3.63) is 29.8 Å². The van der Waals surface area contributed by atoms with Gasteiger partial charge in [-0.1, -0.05) is 12.1 Å². The van der Waals surface area contributed by atoms with Crippen molar-refractivity contribution in [2.75, 3.05) is 32.8 Å². The largest absolute Gasteiger partial charge is 0.435 e. The Labute approximate surface area is 146 Å². The third-order valence-electron chi connectivity index (χ3n) is 4.15. The summed E-state index contributed by atoms with van der Waals surface area (Å²) in [6, 6.07) is 5.89. The molecule has 1 saturated heterocycles. The molecule has 2 rings (SSSR count). The quantitative estimate of drug-likeness (QED) is 0.785. The van der Waals surface area contributed by atoms with Crippen LogP contribution in [0.4, 0.5) is 13.6 Å². The summed E-state index contributed by atoms with van der Waals surface area (Å²) in [7, 11) is 0. The number of ether oxygens (including phenoxy) is 2. The van der Waals surface area contributed by atoms with Gasteiger partial charge >= 0.3 is 12.6 Å². The van der Waals surface area contributed by atoms with Gasteiger partial charge < -0.3 is 20.1 Å². The van der Waals surface area contributed by atoms with Gasteiger partial charge in [0.15, 0.2) is 0 Å². The number of morpholine rings is 1. The van der Waals surface area contributed by atoms with Crippen LogP contribution in [-0.2, 0) is 11.3 Å². The second-order valence-corrected chi connectivity index (χ2v) is 6.47. The molecule has 1 aliphatic rings. The number of halogens is 2. The number of hydrogen-bond donors (Lipinski definition) is 2. The maximum absolute atomic E-state index is 12.1. The fraction of sp³-hybridized carbons (Fsp3) is 0.588. The second-order valence-electron chi connectivity index (χ2n) is 6.47. The first-order chi connectivity index (χ1) is 11.9.